The summed E-state index contributed by atoms with van der Waals surface area (Å²) < 4.78 is 5.02. The number of hydrogen-bond acceptors (Lipinski definition) is 7. The van der Waals surface area contributed by atoms with Crippen molar-refractivity contribution in [1.82, 2.24) is 15.0 Å². The van der Waals surface area contributed by atoms with E-state index < -0.39 is 5.97 Å². The van der Waals surface area contributed by atoms with Gasteiger partial charge in [-0.1, -0.05) is 36.4 Å². The van der Waals surface area contributed by atoms with E-state index in [1.54, 1.807) is 79.7 Å². The molecule has 0 aliphatic rings. The Morgan fingerprint density at radius 1 is 0.742 bits per heavy atom. The molecule has 0 atom stereocenters. The fourth-order valence-electron chi connectivity index (χ4n) is 3.04. The Morgan fingerprint density at radius 2 is 1.23 bits per heavy atom. The van der Waals surface area contributed by atoms with Crippen molar-refractivity contribution >= 4 is 5.97 Å². The minimum Gasteiger partial charge on any atom is -0.507 e. The van der Waals surface area contributed by atoms with Crippen LogP contribution in [0, 0.1) is 0 Å². The van der Waals surface area contributed by atoms with Crippen LogP contribution in [0.2, 0.25) is 0 Å². The van der Waals surface area contributed by atoms with Crippen LogP contribution in [0.4, 0.5) is 0 Å². The standard InChI is InChI=1S/C24H19N3O4/c1-2-31-24(30)16-13-11-15(12-14-16)21-25-22(17-7-3-5-9-19(17)28)27-23(26-21)18-8-4-6-10-20(18)29/h3-14,28-29H,2H2,1H3. The summed E-state index contributed by atoms with van der Waals surface area (Å²) in [6.07, 6.45) is 0. The number of hydrogen-bond donors (Lipinski definition) is 2. The van der Waals surface area contributed by atoms with E-state index in [1.807, 2.05) is 0 Å². The van der Waals surface area contributed by atoms with Gasteiger partial charge in [-0.15, -0.1) is 0 Å². The van der Waals surface area contributed by atoms with Crippen molar-refractivity contribution in [3.05, 3.63) is 78.4 Å². The second kappa shape index (κ2) is 8.62. The predicted octanol–water partition coefficient (Wildman–Crippen LogP) is 4.46. The van der Waals surface area contributed by atoms with Crippen molar-refractivity contribution in [2.24, 2.45) is 0 Å². The highest BCUT2D eigenvalue weighted by atomic mass is 16.5. The summed E-state index contributed by atoms with van der Waals surface area (Å²) in [5, 5.41) is 20.6. The number of para-hydroxylation sites is 2. The lowest BCUT2D eigenvalue weighted by atomic mass is 10.1. The van der Waals surface area contributed by atoms with Gasteiger partial charge in [0, 0.05) is 5.56 Å². The monoisotopic (exact) mass is 413 g/mol. The zero-order chi connectivity index (χ0) is 21.8. The number of benzene rings is 3. The molecule has 0 radical (unpaired) electrons. The summed E-state index contributed by atoms with van der Waals surface area (Å²) in [7, 11) is 0. The quantitative estimate of drug-likeness (QED) is 0.465. The normalized spacial score (nSPS) is 10.6. The van der Waals surface area contributed by atoms with Crippen LogP contribution in [-0.4, -0.2) is 37.7 Å². The summed E-state index contributed by atoms with van der Waals surface area (Å²) in [5.41, 5.74) is 1.93. The maximum Gasteiger partial charge on any atom is 0.338 e. The van der Waals surface area contributed by atoms with Crippen molar-refractivity contribution in [1.29, 1.82) is 0 Å². The molecule has 7 heteroatoms. The first-order valence-corrected chi connectivity index (χ1v) is 9.67. The van der Waals surface area contributed by atoms with Crippen molar-refractivity contribution in [3.63, 3.8) is 0 Å². The van der Waals surface area contributed by atoms with Crippen molar-refractivity contribution in [3.8, 4) is 45.7 Å². The summed E-state index contributed by atoms with van der Waals surface area (Å²) in [6, 6.07) is 20.2. The van der Waals surface area contributed by atoms with Crippen LogP contribution in [0.25, 0.3) is 34.2 Å². The third-order valence-electron chi connectivity index (χ3n) is 4.58. The van der Waals surface area contributed by atoms with Crippen molar-refractivity contribution in [2.45, 2.75) is 6.92 Å². The maximum atomic E-state index is 11.9. The number of aromatic hydroxyl groups is 2. The molecule has 0 saturated heterocycles. The topological polar surface area (TPSA) is 105 Å². The smallest absolute Gasteiger partial charge is 0.338 e. The molecule has 0 bridgehead atoms. The summed E-state index contributed by atoms with van der Waals surface area (Å²) in [4.78, 5) is 25.4. The summed E-state index contributed by atoms with van der Waals surface area (Å²) in [6.45, 7) is 2.04. The Bertz CT molecular complexity index is 1180. The molecule has 7 nitrogen and oxygen atoms in total. The van der Waals surface area contributed by atoms with Crippen LogP contribution in [-0.2, 0) is 4.74 Å². The highest BCUT2D eigenvalue weighted by Gasteiger charge is 2.16. The molecular weight excluding hydrogens is 394 g/mol. The Labute approximate surface area is 178 Å². The van der Waals surface area contributed by atoms with Gasteiger partial charge in [0.25, 0.3) is 0 Å². The molecular formula is C24H19N3O4. The number of esters is 1. The largest absolute Gasteiger partial charge is 0.507 e. The van der Waals surface area contributed by atoms with E-state index in [-0.39, 0.29) is 23.1 Å². The lowest BCUT2D eigenvalue weighted by molar-refractivity contribution is 0.0526. The number of aromatic nitrogens is 3. The van der Waals surface area contributed by atoms with Crippen LogP contribution in [0.15, 0.2) is 72.8 Å². The molecule has 0 fully saturated rings. The molecule has 0 saturated carbocycles. The molecule has 2 N–H and O–H groups in total. The minimum absolute atomic E-state index is 0.0283. The van der Waals surface area contributed by atoms with E-state index in [0.29, 0.717) is 34.7 Å². The average molecular weight is 413 g/mol. The minimum atomic E-state index is -0.408. The van der Waals surface area contributed by atoms with Gasteiger partial charge >= 0.3 is 5.97 Å². The molecule has 0 aliphatic carbocycles. The third-order valence-corrected chi connectivity index (χ3v) is 4.58. The van der Waals surface area contributed by atoms with Crippen molar-refractivity contribution < 1.29 is 19.7 Å². The molecule has 31 heavy (non-hydrogen) atoms. The molecule has 0 aliphatic heterocycles. The average Bonchev–Trinajstić information content (AvgIpc) is 2.80. The number of ether oxygens (including phenoxy) is 1. The van der Waals surface area contributed by atoms with E-state index in [0.717, 1.165) is 0 Å². The molecule has 0 amide bonds. The van der Waals surface area contributed by atoms with Gasteiger partial charge in [0.15, 0.2) is 17.5 Å². The fourth-order valence-corrected chi connectivity index (χ4v) is 3.04. The highest BCUT2D eigenvalue weighted by molar-refractivity contribution is 5.90. The SMILES string of the molecule is CCOC(=O)c1ccc(-c2nc(-c3ccccc3O)nc(-c3ccccc3O)n2)cc1. The van der Waals surface area contributed by atoms with Gasteiger partial charge in [-0.2, -0.15) is 0 Å². The number of carbonyl (C=O) groups excluding carboxylic acids is 1. The number of rotatable bonds is 5. The first-order valence-electron chi connectivity index (χ1n) is 9.67. The number of carbonyl (C=O) groups is 1. The molecule has 3 aromatic carbocycles. The van der Waals surface area contributed by atoms with Gasteiger partial charge in [-0.3, -0.25) is 0 Å². The first-order chi connectivity index (χ1) is 15.1. The molecule has 154 valence electrons. The van der Waals surface area contributed by atoms with Crippen LogP contribution in [0.1, 0.15) is 17.3 Å². The van der Waals surface area contributed by atoms with Gasteiger partial charge in [0.05, 0.1) is 23.3 Å². The zero-order valence-electron chi connectivity index (χ0n) is 16.7. The Balaban J connectivity index is 1.85. The van der Waals surface area contributed by atoms with Crippen LogP contribution < -0.4 is 0 Å². The second-order valence-electron chi connectivity index (χ2n) is 6.64. The Hall–Kier alpha value is -4.26. The molecule has 0 spiro atoms. The van der Waals surface area contributed by atoms with E-state index in [2.05, 4.69) is 15.0 Å². The molecule has 4 rings (SSSR count). The van der Waals surface area contributed by atoms with E-state index in [1.165, 1.54) is 0 Å². The first kappa shape index (κ1) is 20.0. The Kier molecular flexibility index (Phi) is 5.57. The number of nitrogens with zero attached hydrogens (tertiary/aromatic N) is 3. The van der Waals surface area contributed by atoms with Gasteiger partial charge in [0.2, 0.25) is 0 Å². The van der Waals surface area contributed by atoms with Gasteiger partial charge in [-0.05, 0) is 43.3 Å². The van der Waals surface area contributed by atoms with Crippen LogP contribution >= 0.6 is 0 Å². The van der Waals surface area contributed by atoms with Crippen molar-refractivity contribution in [2.75, 3.05) is 6.61 Å². The maximum absolute atomic E-state index is 11.9. The predicted molar refractivity (Wildman–Crippen MR) is 115 cm³/mol. The molecule has 1 aromatic heterocycles. The van der Waals surface area contributed by atoms with Gasteiger partial charge in [-0.25, -0.2) is 19.7 Å². The van der Waals surface area contributed by atoms with E-state index in [4.69, 9.17) is 4.74 Å². The van der Waals surface area contributed by atoms with E-state index >= 15 is 0 Å². The number of phenols is 2. The number of phenolic OH excluding ortho intramolecular Hbond substituents is 2. The highest BCUT2D eigenvalue weighted by Crippen LogP contribution is 2.32. The Morgan fingerprint density at radius 3 is 1.71 bits per heavy atom. The van der Waals surface area contributed by atoms with E-state index in [9.17, 15) is 15.0 Å². The molecule has 4 aromatic rings. The van der Waals surface area contributed by atoms with Crippen LogP contribution in [0.3, 0.4) is 0 Å². The van der Waals surface area contributed by atoms with Gasteiger partial charge in [0.1, 0.15) is 11.5 Å². The lowest BCUT2D eigenvalue weighted by Gasteiger charge is -2.10. The summed E-state index contributed by atoms with van der Waals surface area (Å²) in [5.74, 6) is 0.504. The molecule has 1 heterocycles. The fraction of sp³-hybridized carbons (Fsp3) is 0.0833. The molecule has 0 unspecified atom stereocenters. The zero-order valence-corrected chi connectivity index (χ0v) is 16.7. The van der Waals surface area contributed by atoms with Gasteiger partial charge < -0.3 is 14.9 Å². The third kappa shape index (κ3) is 4.20. The second-order valence-corrected chi connectivity index (χ2v) is 6.64. The lowest BCUT2D eigenvalue weighted by Crippen LogP contribution is -2.04. The summed E-state index contributed by atoms with van der Waals surface area (Å²) >= 11 is 0. The van der Waals surface area contributed by atoms with Crippen LogP contribution in [0.5, 0.6) is 11.5 Å².